The summed E-state index contributed by atoms with van der Waals surface area (Å²) in [7, 11) is 1.22. The molecular formula is C17H25N3O4S. The number of fused-ring (bicyclic) bond motifs is 1. The molecule has 1 aliphatic heterocycles. The van der Waals surface area contributed by atoms with Gasteiger partial charge in [-0.25, -0.2) is 13.1 Å². The molecule has 0 aromatic heterocycles. The Kier molecular flexibility index (Phi) is 5.24. The van der Waals surface area contributed by atoms with Crippen LogP contribution in [0.4, 0.5) is 5.69 Å². The van der Waals surface area contributed by atoms with E-state index in [2.05, 4.69) is 4.72 Å². The molecule has 0 atom stereocenters. The Morgan fingerprint density at radius 1 is 1.32 bits per heavy atom. The van der Waals surface area contributed by atoms with Crippen LogP contribution in [0.2, 0.25) is 0 Å². The third-order valence-corrected chi connectivity index (χ3v) is 5.92. The van der Waals surface area contributed by atoms with Crippen LogP contribution >= 0.6 is 0 Å². The summed E-state index contributed by atoms with van der Waals surface area (Å²) < 4.78 is 27.5. The molecule has 7 nitrogen and oxygen atoms in total. The molecule has 0 fully saturated rings. The molecule has 2 amide bonds. The van der Waals surface area contributed by atoms with Crippen molar-refractivity contribution in [2.24, 2.45) is 0 Å². The second-order valence-corrected chi connectivity index (χ2v) is 8.90. The number of carbonyl (C=O) groups excluding carboxylic acids is 2. The van der Waals surface area contributed by atoms with Crippen molar-refractivity contribution in [3.8, 4) is 0 Å². The van der Waals surface area contributed by atoms with E-state index in [1.165, 1.54) is 11.0 Å². The summed E-state index contributed by atoms with van der Waals surface area (Å²) in [6.45, 7) is 3.89. The summed E-state index contributed by atoms with van der Waals surface area (Å²) in [6, 6.07) is 4.77. The molecule has 1 aromatic rings. The van der Waals surface area contributed by atoms with Gasteiger partial charge < -0.3 is 9.80 Å². The van der Waals surface area contributed by atoms with Crippen molar-refractivity contribution in [1.29, 1.82) is 0 Å². The van der Waals surface area contributed by atoms with E-state index >= 15 is 0 Å². The number of anilines is 1. The normalized spacial score (nSPS) is 16.5. The number of amides is 2. The first-order valence-corrected chi connectivity index (χ1v) is 9.55. The third-order valence-electron chi connectivity index (χ3n) is 4.47. The highest BCUT2D eigenvalue weighted by Gasteiger charge is 2.36. The predicted molar refractivity (Wildman–Crippen MR) is 96.0 cm³/mol. The van der Waals surface area contributed by atoms with Crippen LogP contribution in [0.3, 0.4) is 0 Å². The summed E-state index contributed by atoms with van der Waals surface area (Å²) in [5.41, 5.74) is 1.11. The molecule has 8 heteroatoms. The maximum atomic E-state index is 12.5. The van der Waals surface area contributed by atoms with Gasteiger partial charge in [-0.15, -0.1) is 0 Å². The Bertz CT molecular complexity index is 800. The van der Waals surface area contributed by atoms with Crippen LogP contribution in [0.25, 0.3) is 0 Å². The van der Waals surface area contributed by atoms with Gasteiger partial charge in [-0.05, 0) is 23.8 Å². The maximum Gasteiger partial charge on any atom is 0.240 e. The van der Waals surface area contributed by atoms with E-state index < -0.39 is 15.4 Å². The molecule has 0 aliphatic carbocycles. The molecule has 0 saturated carbocycles. The van der Waals surface area contributed by atoms with Gasteiger partial charge in [0.05, 0.1) is 4.90 Å². The van der Waals surface area contributed by atoms with Crippen LogP contribution in [-0.2, 0) is 25.0 Å². The molecule has 25 heavy (non-hydrogen) atoms. The van der Waals surface area contributed by atoms with E-state index in [0.29, 0.717) is 6.42 Å². The summed E-state index contributed by atoms with van der Waals surface area (Å²) >= 11 is 0. The van der Waals surface area contributed by atoms with Crippen LogP contribution in [0.5, 0.6) is 0 Å². The molecule has 0 spiro atoms. The van der Waals surface area contributed by atoms with Gasteiger partial charge in [-0.3, -0.25) is 9.59 Å². The second-order valence-electron chi connectivity index (χ2n) is 7.13. The Balaban J connectivity index is 2.26. The van der Waals surface area contributed by atoms with Crippen molar-refractivity contribution >= 4 is 27.5 Å². The Morgan fingerprint density at radius 3 is 2.56 bits per heavy atom. The summed E-state index contributed by atoms with van der Waals surface area (Å²) in [5, 5.41) is 0. The molecule has 0 unspecified atom stereocenters. The van der Waals surface area contributed by atoms with Crippen molar-refractivity contribution in [1.82, 2.24) is 9.62 Å². The minimum absolute atomic E-state index is 0.00781. The molecule has 0 saturated heterocycles. The van der Waals surface area contributed by atoms with E-state index in [-0.39, 0.29) is 29.7 Å². The fourth-order valence-electron chi connectivity index (χ4n) is 2.84. The Morgan fingerprint density at radius 2 is 1.96 bits per heavy atom. The zero-order chi connectivity index (χ0) is 19.0. The van der Waals surface area contributed by atoms with Crippen molar-refractivity contribution in [3.63, 3.8) is 0 Å². The average Bonchev–Trinajstić information content (AvgIpc) is 2.51. The number of carbonyl (C=O) groups is 2. The fourth-order valence-corrected chi connectivity index (χ4v) is 3.90. The van der Waals surface area contributed by atoms with Crippen molar-refractivity contribution in [2.75, 3.05) is 32.6 Å². The number of nitrogens with one attached hydrogen (secondary N) is 1. The summed E-state index contributed by atoms with van der Waals surface area (Å²) in [4.78, 5) is 26.7. The zero-order valence-corrected chi connectivity index (χ0v) is 16.1. The van der Waals surface area contributed by atoms with Crippen molar-refractivity contribution in [2.45, 2.75) is 37.0 Å². The molecular weight excluding hydrogens is 342 g/mol. The second kappa shape index (κ2) is 6.76. The lowest BCUT2D eigenvalue weighted by Crippen LogP contribution is -2.39. The topological polar surface area (TPSA) is 86.8 Å². The zero-order valence-electron chi connectivity index (χ0n) is 15.3. The quantitative estimate of drug-likeness (QED) is 0.844. The van der Waals surface area contributed by atoms with E-state index in [1.54, 1.807) is 38.2 Å². The molecule has 1 N–H and O–H groups in total. The number of benzene rings is 1. The highest BCUT2D eigenvalue weighted by molar-refractivity contribution is 7.89. The molecule has 2 rings (SSSR count). The maximum absolute atomic E-state index is 12.5. The first-order valence-electron chi connectivity index (χ1n) is 8.06. The van der Waals surface area contributed by atoms with Gasteiger partial charge in [0.2, 0.25) is 21.8 Å². The molecule has 1 aliphatic rings. The smallest absolute Gasteiger partial charge is 0.240 e. The molecule has 0 bridgehead atoms. The van der Waals surface area contributed by atoms with Crippen molar-refractivity contribution in [3.05, 3.63) is 23.8 Å². The van der Waals surface area contributed by atoms with E-state index in [1.807, 2.05) is 13.8 Å². The van der Waals surface area contributed by atoms with Gasteiger partial charge in [0.1, 0.15) is 0 Å². The van der Waals surface area contributed by atoms with Crippen molar-refractivity contribution < 1.29 is 18.0 Å². The average molecular weight is 367 g/mol. The first-order chi connectivity index (χ1) is 11.5. The van der Waals surface area contributed by atoms with Gasteiger partial charge >= 0.3 is 0 Å². The number of rotatable bonds is 5. The Labute approximate surface area is 149 Å². The van der Waals surface area contributed by atoms with Gasteiger partial charge in [-0.2, -0.15) is 0 Å². The highest BCUT2D eigenvalue weighted by atomic mass is 32.2. The van der Waals surface area contributed by atoms with Gasteiger partial charge in [0, 0.05) is 51.6 Å². The van der Waals surface area contributed by atoms with Crippen LogP contribution in [0, 0.1) is 0 Å². The summed E-state index contributed by atoms with van der Waals surface area (Å²) in [5.74, 6) is -0.136. The monoisotopic (exact) mass is 367 g/mol. The molecule has 0 radical (unpaired) electrons. The minimum atomic E-state index is -3.72. The number of sulfonamides is 1. The SMILES string of the molecule is CN(C)C(=O)CCNS(=O)(=O)c1ccc2c(c1)C(C)(C)CC(=O)N2C. The predicted octanol–water partition coefficient (Wildman–Crippen LogP) is 1.09. The Hall–Kier alpha value is -1.93. The first kappa shape index (κ1) is 19.4. The number of hydrogen-bond donors (Lipinski definition) is 1. The van der Waals surface area contributed by atoms with Gasteiger partial charge in [0.15, 0.2) is 0 Å². The molecule has 1 aromatic carbocycles. The minimum Gasteiger partial charge on any atom is -0.349 e. The largest absolute Gasteiger partial charge is 0.349 e. The molecule has 1 heterocycles. The molecule has 138 valence electrons. The van der Waals surface area contributed by atoms with Crippen LogP contribution in [0.1, 0.15) is 32.3 Å². The van der Waals surface area contributed by atoms with Gasteiger partial charge in [0.25, 0.3) is 0 Å². The van der Waals surface area contributed by atoms with Crippen LogP contribution in [0.15, 0.2) is 23.1 Å². The lowest BCUT2D eigenvalue weighted by molar-refractivity contribution is -0.128. The van der Waals surface area contributed by atoms with E-state index in [9.17, 15) is 18.0 Å². The highest BCUT2D eigenvalue weighted by Crippen LogP contribution is 2.40. The van der Waals surface area contributed by atoms with Gasteiger partial charge in [-0.1, -0.05) is 13.8 Å². The van der Waals surface area contributed by atoms with E-state index in [0.717, 1.165) is 11.3 Å². The standard InChI is InChI=1S/C17H25N3O4S/c1-17(2)11-16(22)20(5)14-7-6-12(10-13(14)17)25(23,24)18-9-8-15(21)19(3)4/h6-7,10,18H,8-9,11H2,1-5H3. The summed E-state index contributed by atoms with van der Waals surface area (Å²) in [6.07, 6.45) is 0.421. The third kappa shape index (κ3) is 4.01. The van der Waals surface area contributed by atoms with Crippen LogP contribution < -0.4 is 9.62 Å². The number of nitrogens with zero attached hydrogens (tertiary/aromatic N) is 2. The lowest BCUT2D eigenvalue weighted by atomic mass is 9.77. The fraction of sp³-hybridized carbons (Fsp3) is 0.529. The van der Waals surface area contributed by atoms with E-state index in [4.69, 9.17) is 0 Å². The lowest BCUT2D eigenvalue weighted by Gasteiger charge is -2.37. The number of hydrogen-bond acceptors (Lipinski definition) is 4. The van der Waals surface area contributed by atoms with Crippen LogP contribution in [-0.4, -0.2) is 52.8 Å².